The van der Waals surface area contributed by atoms with Gasteiger partial charge in [-0.15, -0.1) is 0 Å². The second-order valence-corrected chi connectivity index (χ2v) is 8.43. The quantitative estimate of drug-likeness (QED) is 0.741. The number of piperidine rings is 1. The first-order chi connectivity index (χ1) is 13.1. The Labute approximate surface area is 157 Å². The molecule has 0 spiro atoms. The fourth-order valence-electron chi connectivity index (χ4n) is 3.33. The van der Waals surface area contributed by atoms with Gasteiger partial charge in [0.2, 0.25) is 5.09 Å². The molecule has 6 nitrogen and oxygen atoms in total. The number of benzene rings is 2. The predicted octanol–water partition coefficient (Wildman–Crippen LogP) is 3.86. The Morgan fingerprint density at radius 2 is 1.67 bits per heavy atom. The van der Waals surface area contributed by atoms with Gasteiger partial charge in [-0.2, -0.15) is 4.31 Å². The maximum atomic E-state index is 12.7. The molecule has 1 saturated heterocycles. The summed E-state index contributed by atoms with van der Waals surface area (Å²) in [5.41, 5.74) is 0.648. The first-order valence-electron chi connectivity index (χ1n) is 8.95. The number of nitrogens with one attached hydrogen (secondary N) is 1. The van der Waals surface area contributed by atoms with Gasteiger partial charge in [0.15, 0.2) is 5.76 Å². The topological polar surface area (TPSA) is 79.6 Å². The zero-order chi connectivity index (χ0) is 18.9. The standard InChI is InChI=1S/C20H20N2O4S/c23-20(21-17-10-6-8-15-7-2-3-9-16(15)17)18-11-12-19(26-18)27(24,25)22-13-4-1-5-14-22/h2-3,6-12H,1,4-5,13-14H2,(H,21,23). The van der Waals surface area contributed by atoms with Crippen molar-refractivity contribution < 1.29 is 17.6 Å². The van der Waals surface area contributed by atoms with Crippen molar-refractivity contribution >= 4 is 32.4 Å². The largest absolute Gasteiger partial charge is 0.438 e. The van der Waals surface area contributed by atoms with E-state index in [1.807, 2.05) is 36.4 Å². The van der Waals surface area contributed by atoms with E-state index < -0.39 is 15.9 Å². The molecule has 27 heavy (non-hydrogen) atoms. The van der Waals surface area contributed by atoms with E-state index in [0.29, 0.717) is 18.8 Å². The fraction of sp³-hybridized carbons (Fsp3) is 0.250. The Morgan fingerprint density at radius 3 is 2.48 bits per heavy atom. The van der Waals surface area contributed by atoms with Crippen LogP contribution in [-0.4, -0.2) is 31.7 Å². The molecule has 0 unspecified atom stereocenters. The van der Waals surface area contributed by atoms with E-state index in [0.717, 1.165) is 30.0 Å². The van der Waals surface area contributed by atoms with Crippen LogP contribution in [0.1, 0.15) is 29.8 Å². The lowest BCUT2D eigenvalue weighted by molar-refractivity contribution is 0.0991. The van der Waals surface area contributed by atoms with Gasteiger partial charge >= 0.3 is 0 Å². The van der Waals surface area contributed by atoms with Crippen LogP contribution in [0.4, 0.5) is 5.69 Å². The highest BCUT2D eigenvalue weighted by molar-refractivity contribution is 7.89. The van der Waals surface area contributed by atoms with Gasteiger partial charge in [0.05, 0.1) is 0 Å². The van der Waals surface area contributed by atoms with Gasteiger partial charge in [-0.3, -0.25) is 4.79 Å². The van der Waals surface area contributed by atoms with Crippen LogP contribution in [0.3, 0.4) is 0 Å². The molecule has 4 rings (SSSR count). The molecule has 2 aromatic carbocycles. The van der Waals surface area contributed by atoms with Gasteiger partial charge in [-0.05, 0) is 36.4 Å². The van der Waals surface area contributed by atoms with Crippen molar-refractivity contribution in [2.45, 2.75) is 24.4 Å². The maximum Gasteiger partial charge on any atom is 0.291 e. The Hall–Kier alpha value is -2.64. The molecule has 7 heteroatoms. The smallest absolute Gasteiger partial charge is 0.291 e. The number of carbonyl (C=O) groups excluding carboxylic acids is 1. The SMILES string of the molecule is O=C(Nc1cccc2ccccc12)c1ccc(S(=O)(=O)N2CCCCC2)o1. The van der Waals surface area contributed by atoms with E-state index >= 15 is 0 Å². The number of sulfonamides is 1. The second kappa shape index (κ2) is 7.17. The van der Waals surface area contributed by atoms with Crippen molar-refractivity contribution in [2.24, 2.45) is 0 Å². The van der Waals surface area contributed by atoms with E-state index in [4.69, 9.17) is 4.42 Å². The second-order valence-electron chi connectivity index (χ2n) is 6.56. The van der Waals surface area contributed by atoms with E-state index in [1.54, 1.807) is 6.07 Å². The molecule has 0 atom stereocenters. The van der Waals surface area contributed by atoms with Crippen LogP contribution in [0.15, 0.2) is 64.1 Å². The van der Waals surface area contributed by atoms with Gasteiger partial charge in [0.1, 0.15) is 0 Å². The average Bonchev–Trinajstić information content (AvgIpc) is 3.20. The van der Waals surface area contributed by atoms with E-state index in [9.17, 15) is 13.2 Å². The normalized spacial score (nSPS) is 15.7. The van der Waals surface area contributed by atoms with Gasteiger partial charge in [-0.1, -0.05) is 42.8 Å². The lowest BCUT2D eigenvalue weighted by Crippen LogP contribution is -2.35. The number of hydrogen-bond acceptors (Lipinski definition) is 4. The van der Waals surface area contributed by atoms with Crippen molar-refractivity contribution in [3.63, 3.8) is 0 Å². The summed E-state index contributed by atoms with van der Waals surface area (Å²) in [5.74, 6) is -0.509. The molecule has 1 amide bonds. The third kappa shape index (κ3) is 3.48. The first kappa shape index (κ1) is 17.8. The molecule has 1 aliphatic rings. The molecule has 2 heterocycles. The number of anilines is 1. The summed E-state index contributed by atoms with van der Waals surface area (Å²) < 4.78 is 32.1. The monoisotopic (exact) mass is 384 g/mol. The van der Waals surface area contributed by atoms with Crippen LogP contribution < -0.4 is 5.32 Å². The first-order valence-corrected chi connectivity index (χ1v) is 10.4. The summed E-state index contributed by atoms with van der Waals surface area (Å²) in [4.78, 5) is 12.6. The van der Waals surface area contributed by atoms with Crippen LogP contribution in [0.5, 0.6) is 0 Å². The zero-order valence-electron chi connectivity index (χ0n) is 14.7. The number of amides is 1. The Kier molecular flexibility index (Phi) is 4.72. The molecule has 3 aromatic rings. The third-order valence-electron chi connectivity index (χ3n) is 4.75. The van der Waals surface area contributed by atoms with Crippen LogP contribution in [0.25, 0.3) is 10.8 Å². The molecule has 0 bridgehead atoms. The summed E-state index contributed by atoms with van der Waals surface area (Å²) >= 11 is 0. The minimum absolute atomic E-state index is 0.0291. The lowest BCUT2D eigenvalue weighted by Gasteiger charge is -2.24. The molecule has 1 aromatic heterocycles. The zero-order valence-corrected chi connectivity index (χ0v) is 15.5. The van der Waals surface area contributed by atoms with Crippen LogP contribution in [0.2, 0.25) is 0 Å². The van der Waals surface area contributed by atoms with Crippen LogP contribution in [-0.2, 0) is 10.0 Å². The Balaban J connectivity index is 1.57. The van der Waals surface area contributed by atoms with Crippen molar-refractivity contribution in [1.29, 1.82) is 0 Å². The summed E-state index contributed by atoms with van der Waals surface area (Å²) in [7, 11) is -3.70. The minimum atomic E-state index is -3.70. The molecule has 0 saturated carbocycles. The van der Waals surface area contributed by atoms with Gasteiger partial charge in [0, 0.05) is 24.2 Å². The maximum absolute atomic E-state index is 12.7. The van der Waals surface area contributed by atoms with E-state index in [2.05, 4.69) is 5.32 Å². The highest BCUT2D eigenvalue weighted by Crippen LogP contribution is 2.25. The molecule has 0 radical (unpaired) electrons. The van der Waals surface area contributed by atoms with Gasteiger partial charge < -0.3 is 9.73 Å². The average molecular weight is 384 g/mol. The fourth-order valence-corrected chi connectivity index (χ4v) is 4.76. The molecular formula is C20H20N2O4S. The van der Waals surface area contributed by atoms with Gasteiger partial charge in [-0.25, -0.2) is 8.42 Å². The summed E-state index contributed by atoms with van der Waals surface area (Å²) in [6.45, 7) is 0.973. The van der Waals surface area contributed by atoms with E-state index in [1.165, 1.54) is 16.4 Å². The predicted molar refractivity (Wildman–Crippen MR) is 103 cm³/mol. The Bertz CT molecular complexity index is 1080. The third-order valence-corrected chi connectivity index (χ3v) is 6.53. The number of furan rings is 1. The molecule has 140 valence electrons. The number of fused-ring (bicyclic) bond motifs is 1. The highest BCUT2D eigenvalue weighted by Gasteiger charge is 2.29. The molecule has 1 fully saturated rings. The lowest BCUT2D eigenvalue weighted by atomic mass is 10.1. The summed E-state index contributed by atoms with van der Waals surface area (Å²) in [5, 5.41) is 4.52. The number of carbonyl (C=O) groups is 1. The van der Waals surface area contributed by atoms with Gasteiger partial charge in [0.25, 0.3) is 15.9 Å². The Morgan fingerprint density at radius 1 is 0.926 bits per heavy atom. The molecule has 0 aliphatic carbocycles. The van der Waals surface area contributed by atoms with Crippen molar-refractivity contribution in [1.82, 2.24) is 4.31 Å². The van der Waals surface area contributed by atoms with Crippen LogP contribution >= 0.6 is 0 Å². The van der Waals surface area contributed by atoms with E-state index in [-0.39, 0.29) is 10.9 Å². The summed E-state index contributed by atoms with van der Waals surface area (Å²) in [6.07, 6.45) is 2.71. The molecule has 1 N–H and O–H groups in total. The minimum Gasteiger partial charge on any atom is -0.438 e. The summed E-state index contributed by atoms with van der Waals surface area (Å²) in [6, 6.07) is 16.1. The number of nitrogens with zero attached hydrogens (tertiary/aromatic N) is 1. The van der Waals surface area contributed by atoms with Crippen LogP contribution in [0, 0.1) is 0 Å². The molecule has 1 aliphatic heterocycles. The van der Waals surface area contributed by atoms with Crippen molar-refractivity contribution in [3.8, 4) is 0 Å². The number of rotatable bonds is 4. The highest BCUT2D eigenvalue weighted by atomic mass is 32.2. The molecular weight excluding hydrogens is 364 g/mol. The van der Waals surface area contributed by atoms with Crippen molar-refractivity contribution in [2.75, 3.05) is 18.4 Å². The van der Waals surface area contributed by atoms with Crippen molar-refractivity contribution in [3.05, 3.63) is 60.4 Å². The number of hydrogen-bond donors (Lipinski definition) is 1.